The van der Waals surface area contributed by atoms with Crippen LogP contribution in [0.15, 0.2) is 24.3 Å². The van der Waals surface area contributed by atoms with Crippen molar-refractivity contribution in [3.63, 3.8) is 0 Å². The quantitative estimate of drug-likeness (QED) is 0.709. The molecule has 106 valence electrons. The molecule has 1 rings (SSSR count). The van der Waals surface area contributed by atoms with Crippen LogP contribution in [0.4, 0.5) is 10.5 Å². The molecule has 3 N–H and O–H groups in total. The molecular weight excluding hydrogens is 244 g/mol. The Morgan fingerprint density at radius 1 is 1.32 bits per heavy atom. The third-order valence-corrected chi connectivity index (χ3v) is 2.66. The molecule has 5 heteroatoms. The maximum absolute atomic E-state index is 11.6. The van der Waals surface area contributed by atoms with E-state index in [-0.39, 0.29) is 12.1 Å². The van der Waals surface area contributed by atoms with Crippen LogP contribution in [0.5, 0.6) is 5.75 Å². The predicted molar refractivity (Wildman–Crippen MR) is 75.5 cm³/mol. The summed E-state index contributed by atoms with van der Waals surface area (Å²) in [5, 5.41) is 14.8. The summed E-state index contributed by atoms with van der Waals surface area (Å²) in [6, 6.07) is 6.91. The van der Waals surface area contributed by atoms with E-state index in [0.717, 1.165) is 5.75 Å². The van der Waals surface area contributed by atoms with E-state index in [2.05, 4.69) is 10.6 Å². The number of amides is 2. The number of urea groups is 1. The molecule has 0 saturated heterocycles. The van der Waals surface area contributed by atoms with Gasteiger partial charge in [0.2, 0.25) is 0 Å². The summed E-state index contributed by atoms with van der Waals surface area (Å²) in [7, 11) is 0. The smallest absolute Gasteiger partial charge is 0.319 e. The van der Waals surface area contributed by atoms with E-state index in [0.29, 0.717) is 31.7 Å². The Hall–Kier alpha value is -1.75. The lowest BCUT2D eigenvalue weighted by Gasteiger charge is -2.10. The molecule has 1 atom stereocenters. The Balaban J connectivity index is 2.31. The standard InChI is InChI=1S/C14H22N2O3/c1-3-12(17)9-10-15-14(18)16-11-5-7-13(8-6-11)19-4-2/h5-8,12,17H,3-4,9-10H2,1-2H3,(H2,15,16,18). The summed E-state index contributed by atoms with van der Waals surface area (Å²) in [5.74, 6) is 0.777. The van der Waals surface area contributed by atoms with Crippen LogP contribution in [-0.2, 0) is 0 Å². The second kappa shape index (κ2) is 8.37. The SMILES string of the molecule is CCOc1ccc(NC(=O)NCCC(O)CC)cc1. The second-order valence-electron chi connectivity index (χ2n) is 4.19. The van der Waals surface area contributed by atoms with Crippen LogP contribution in [0.1, 0.15) is 26.7 Å². The van der Waals surface area contributed by atoms with Gasteiger partial charge in [-0.15, -0.1) is 0 Å². The van der Waals surface area contributed by atoms with Gasteiger partial charge in [0.05, 0.1) is 12.7 Å². The lowest BCUT2D eigenvalue weighted by atomic mass is 10.2. The van der Waals surface area contributed by atoms with Crippen molar-refractivity contribution in [2.24, 2.45) is 0 Å². The first kappa shape index (κ1) is 15.3. The number of carbonyl (C=O) groups is 1. The largest absolute Gasteiger partial charge is 0.494 e. The normalized spacial score (nSPS) is 11.7. The number of ether oxygens (including phenoxy) is 1. The van der Waals surface area contributed by atoms with Crippen molar-refractivity contribution in [3.8, 4) is 5.75 Å². The maximum Gasteiger partial charge on any atom is 0.319 e. The number of hydrogen-bond donors (Lipinski definition) is 3. The number of hydrogen-bond acceptors (Lipinski definition) is 3. The first-order chi connectivity index (χ1) is 9.15. The van der Waals surface area contributed by atoms with Crippen molar-refractivity contribution in [1.82, 2.24) is 5.32 Å². The van der Waals surface area contributed by atoms with Crippen molar-refractivity contribution < 1.29 is 14.6 Å². The molecule has 0 heterocycles. The summed E-state index contributed by atoms with van der Waals surface area (Å²) in [6.45, 7) is 4.90. The minimum atomic E-state index is -0.356. The topological polar surface area (TPSA) is 70.6 Å². The Bertz CT molecular complexity index is 379. The van der Waals surface area contributed by atoms with Gasteiger partial charge in [-0.25, -0.2) is 4.79 Å². The molecular formula is C14H22N2O3. The first-order valence-corrected chi connectivity index (χ1v) is 6.61. The average molecular weight is 266 g/mol. The van der Waals surface area contributed by atoms with Gasteiger partial charge in [0.1, 0.15) is 5.75 Å². The molecule has 0 bridgehead atoms. The van der Waals surface area contributed by atoms with Crippen LogP contribution in [0.3, 0.4) is 0 Å². The van der Waals surface area contributed by atoms with Crippen molar-refractivity contribution in [3.05, 3.63) is 24.3 Å². The Labute approximate surface area is 114 Å². The van der Waals surface area contributed by atoms with Crippen LogP contribution >= 0.6 is 0 Å². The van der Waals surface area contributed by atoms with Crippen molar-refractivity contribution in [1.29, 1.82) is 0 Å². The molecule has 1 unspecified atom stereocenters. The highest BCUT2D eigenvalue weighted by Crippen LogP contribution is 2.15. The molecule has 0 fully saturated rings. The van der Waals surface area contributed by atoms with Gasteiger partial charge in [-0.2, -0.15) is 0 Å². The molecule has 0 aliphatic carbocycles. The summed E-state index contributed by atoms with van der Waals surface area (Å²) in [6.07, 6.45) is 0.904. The fourth-order valence-electron chi connectivity index (χ4n) is 1.53. The van der Waals surface area contributed by atoms with E-state index >= 15 is 0 Å². The minimum absolute atomic E-state index is 0.271. The van der Waals surface area contributed by atoms with Gasteiger partial charge in [-0.05, 0) is 44.0 Å². The zero-order valence-electron chi connectivity index (χ0n) is 11.5. The number of aliphatic hydroxyl groups excluding tert-OH is 1. The molecule has 0 aromatic heterocycles. The fourth-order valence-corrected chi connectivity index (χ4v) is 1.53. The van der Waals surface area contributed by atoms with Gasteiger partial charge < -0.3 is 20.5 Å². The highest BCUT2D eigenvalue weighted by atomic mass is 16.5. The van der Waals surface area contributed by atoms with E-state index in [9.17, 15) is 9.90 Å². The lowest BCUT2D eigenvalue weighted by Crippen LogP contribution is -2.31. The number of nitrogens with one attached hydrogen (secondary N) is 2. The van der Waals surface area contributed by atoms with Gasteiger partial charge in [0, 0.05) is 12.2 Å². The molecule has 0 aliphatic rings. The number of anilines is 1. The van der Waals surface area contributed by atoms with Crippen LogP contribution in [-0.4, -0.2) is 30.4 Å². The van der Waals surface area contributed by atoms with Crippen LogP contribution in [0.2, 0.25) is 0 Å². The van der Waals surface area contributed by atoms with Crippen LogP contribution in [0, 0.1) is 0 Å². The predicted octanol–water partition coefficient (Wildman–Crippen LogP) is 2.37. The summed E-state index contributed by atoms with van der Waals surface area (Å²) >= 11 is 0. The van der Waals surface area contributed by atoms with Gasteiger partial charge >= 0.3 is 6.03 Å². The van der Waals surface area contributed by atoms with Crippen molar-refractivity contribution in [2.75, 3.05) is 18.5 Å². The molecule has 2 amide bonds. The fraction of sp³-hybridized carbons (Fsp3) is 0.500. The minimum Gasteiger partial charge on any atom is -0.494 e. The van der Waals surface area contributed by atoms with Gasteiger partial charge in [-0.1, -0.05) is 6.92 Å². The van der Waals surface area contributed by atoms with Gasteiger partial charge in [0.25, 0.3) is 0 Å². The Morgan fingerprint density at radius 2 is 2.00 bits per heavy atom. The number of benzene rings is 1. The van der Waals surface area contributed by atoms with E-state index < -0.39 is 0 Å². The van der Waals surface area contributed by atoms with E-state index in [1.54, 1.807) is 24.3 Å². The molecule has 0 saturated carbocycles. The number of aliphatic hydroxyl groups is 1. The summed E-state index contributed by atoms with van der Waals surface area (Å²) in [5.41, 5.74) is 0.706. The van der Waals surface area contributed by atoms with Gasteiger partial charge in [-0.3, -0.25) is 0 Å². The van der Waals surface area contributed by atoms with E-state index in [4.69, 9.17) is 4.74 Å². The van der Waals surface area contributed by atoms with E-state index in [1.807, 2.05) is 13.8 Å². The van der Waals surface area contributed by atoms with Crippen LogP contribution < -0.4 is 15.4 Å². The molecule has 0 aliphatic heterocycles. The van der Waals surface area contributed by atoms with Crippen LogP contribution in [0.25, 0.3) is 0 Å². The molecule has 5 nitrogen and oxygen atoms in total. The Kier molecular flexibility index (Phi) is 6.74. The average Bonchev–Trinajstić information content (AvgIpc) is 2.41. The monoisotopic (exact) mass is 266 g/mol. The van der Waals surface area contributed by atoms with E-state index in [1.165, 1.54) is 0 Å². The number of carbonyl (C=O) groups excluding carboxylic acids is 1. The molecule has 1 aromatic rings. The molecule has 1 aromatic carbocycles. The summed E-state index contributed by atoms with van der Waals surface area (Å²) < 4.78 is 5.31. The maximum atomic E-state index is 11.6. The lowest BCUT2D eigenvalue weighted by molar-refractivity contribution is 0.160. The zero-order valence-corrected chi connectivity index (χ0v) is 11.5. The third-order valence-electron chi connectivity index (χ3n) is 2.66. The highest BCUT2D eigenvalue weighted by Gasteiger charge is 2.04. The first-order valence-electron chi connectivity index (χ1n) is 6.61. The zero-order chi connectivity index (χ0) is 14.1. The Morgan fingerprint density at radius 3 is 2.58 bits per heavy atom. The number of rotatable bonds is 7. The highest BCUT2D eigenvalue weighted by molar-refractivity contribution is 5.89. The van der Waals surface area contributed by atoms with Crippen molar-refractivity contribution >= 4 is 11.7 Å². The molecule has 0 spiro atoms. The molecule has 0 radical (unpaired) electrons. The second-order valence-corrected chi connectivity index (χ2v) is 4.19. The molecule has 19 heavy (non-hydrogen) atoms. The van der Waals surface area contributed by atoms with Crippen molar-refractivity contribution in [2.45, 2.75) is 32.8 Å². The summed E-state index contributed by atoms with van der Waals surface area (Å²) in [4.78, 5) is 11.6. The van der Waals surface area contributed by atoms with Gasteiger partial charge in [0.15, 0.2) is 0 Å². The third kappa shape index (κ3) is 6.10.